The maximum Gasteiger partial charge on any atom is 0.434 e. The van der Waals surface area contributed by atoms with Gasteiger partial charge in [-0.05, 0) is 19.1 Å². The van der Waals surface area contributed by atoms with Gasteiger partial charge >= 0.3 is 12.1 Å². The van der Waals surface area contributed by atoms with Crippen LogP contribution in [0.1, 0.15) is 23.0 Å². The molecule has 7 heteroatoms. The SMILES string of the molecule is CCOC(=O)c1ccc(N)nc1C(F)(F)F. The summed E-state index contributed by atoms with van der Waals surface area (Å²) in [6.45, 7) is 1.48. The van der Waals surface area contributed by atoms with Gasteiger partial charge in [0.1, 0.15) is 5.82 Å². The van der Waals surface area contributed by atoms with Gasteiger partial charge in [-0.15, -0.1) is 0 Å². The van der Waals surface area contributed by atoms with Gasteiger partial charge in [0.2, 0.25) is 0 Å². The second-order valence-corrected chi connectivity index (χ2v) is 2.85. The van der Waals surface area contributed by atoms with Crippen molar-refractivity contribution in [3.8, 4) is 0 Å². The second-order valence-electron chi connectivity index (χ2n) is 2.85. The molecule has 0 fully saturated rings. The maximum atomic E-state index is 12.5. The smallest absolute Gasteiger partial charge is 0.434 e. The summed E-state index contributed by atoms with van der Waals surface area (Å²) in [5, 5.41) is 0. The van der Waals surface area contributed by atoms with Crippen molar-refractivity contribution in [3.05, 3.63) is 23.4 Å². The monoisotopic (exact) mass is 234 g/mol. The molecule has 1 heterocycles. The number of carbonyl (C=O) groups excluding carboxylic acids is 1. The number of hydrogen-bond acceptors (Lipinski definition) is 4. The Balaban J connectivity index is 3.23. The van der Waals surface area contributed by atoms with Crippen LogP contribution in [0, 0.1) is 0 Å². The second kappa shape index (κ2) is 4.38. The Morgan fingerprint density at radius 3 is 2.62 bits per heavy atom. The van der Waals surface area contributed by atoms with Crippen LogP contribution in [0.15, 0.2) is 12.1 Å². The first-order valence-corrected chi connectivity index (χ1v) is 4.37. The number of anilines is 1. The first kappa shape index (κ1) is 12.3. The number of ether oxygens (including phenoxy) is 1. The molecule has 0 aromatic carbocycles. The lowest BCUT2D eigenvalue weighted by Crippen LogP contribution is -2.18. The van der Waals surface area contributed by atoms with E-state index < -0.39 is 23.4 Å². The van der Waals surface area contributed by atoms with Gasteiger partial charge in [-0.2, -0.15) is 13.2 Å². The average Bonchev–Trinajstić information content (AvgIpc) is 2.16. The van der Waals surface area contributed by atoms with Crippen LogP contribution in [0.25, 0.3) is 0 Å². The summed E-state index contributed by atoms with van der Waals surface area (Å²) in [6, 6.07) is 2.06. The van der Waals surface area contributed by atoms with Gasteiger partial charge in [0.15, 0.2) is 5.69 Å². The maximum absolute atomic E-state index is 12.5. The van der Waals surface area contributed by atoms with Gasteiger partial charge in [0.25, 0.3) is 0 Å². The fourth-order valence-electron chi connectivity index (χ4n) is 1.06. The van der Waals surface area contributed by atoms with E-state index in [-0.39, 0.29) is 12.4 Å². The number of aromatic nitrogens is 1. The van der Waals surface area contributed by atoms with Gasteiger partial charge < -0.3 is 10.5 Å². The van der Waals surface area contributed by atoms with E-state index in [1.54, 1.807) is 0 Å². The van der Waals surface area contributed by atoms with E-state index in [4.69, 9.17) is 5.73 Å². The van der Waals surface area contributed by atoms with Crippen molar-refractivity contribution < 1.29 is 22.7 Å². The first-order chi connectivity index (χ1) is 7.36. The highest BCUT2D eigenvalue weighted by molar-refractivity contribution is 5.91. The van der Waals surface area contributed by atoms with Crippen LogP contribution < -0.4 is 5.73 Å². The van der Waals surface area contributed by atoms with E-state index in [0.717, 1.165) is 12.1 Å². The number of hydrogen-bond donors (Lipinski definition) is 1. The Morgan fingerprint density at radius 2 is 2.12 bits per heavy atom. The van der Waals surface area contributed by atoms with Gasteiger partial charge in [-0.25, -0.2) is 9.78 Å². The van der Waals surface area contributed by atoms with Gasteiger partial charge in [-0.1, -0.05) is 0 Å². The van der Waals surface area contributed by atoms with Gasteiger partial charge in [0.05, 0.1) is 12.2 Å². The molecule has 0 spiro atoms. The Morgan fingerprint density at radius 1 is 1.50 bits per heavy atom. The van der Waals surface area contributed by atoms with Crippen LogP contribution in [0.4, 0.5) is 19.0 Å². The van der Waals surface area contributed by atoms with Crippen molar-refractivity contribution in [2.24, 2.45) is 0 Å². The number of carbonyl (C=O) groups is 1. The molecule has 0 aliphatic rings. The molecule has 0 aliphatic carbocycles. The zero-order valence-electron chi connectivity index (χ0n) is 8.34. The Labute approximate surface area is 89.2 Å². The quantitative estimate of drug-likeness (QED) is 0.793. The number of nitrogens with zero attached hydrogens (tertiary/aromatic N) is 1. The molecule has 2 N–H and O–H groups in total. The molecule has 0 atom stereocenters. The molecule has 1 aromatic rings. The van der Waals surface area contributed by atoms with E-state index in [1.165, 1.54) is 6.92 Å². The molecule has 0 aliphatic heterocycles. The molecule has 0 amide bonds. The zero-order valence-corrected chi connectivity index (χ0v) is 8.34. The Bertz CT molecular complexity index is 404. The minimum Gasteiger partial charge on any atom is -0.462 e. The molecule has 0 radical (unpaired) electrons. The molecule has 0 unspecified atom stereocenters. The highest BCUT2D eigenvalue weighted by Crippen LogP contribution is 2.31. The fraction of sp³-hybridized carbons (Fsp3) is 0.333. The van der Waals surface area contributed by atoms with Crippen LogP contribution in [0.5, 0.6) is 0 Å². The minimum absolute atomic E-state index is 0.0134. The van der Waals surface area contributed by atoms with E-state index in [1.807, 2.05) is 0 Å². The minimum atomic E-state index is -4.74. The number of pyridine rings is 1. The van der Waals surface area contributed by atoms with Crippen LogP contribution in [-0.2, 0) is 10.9 Å². The summed E-state index contributed by atoms with van der Waals surface area (Å²) in [5.41, 5.74) is 3.17. The van der Waals surface area contributed by atoms with Crippen molar-refractivity contribution in [1.29, 1.82) is 0 Å². The van der Waals surface area contributed by atoms with E-state index in [2.05, 4.69) is 9.72 Å². The standard InChI is InChI=1S/C9H9F3N2O2/c1-2-16-8(15)5-3-4-6(13)14-7(5)9(10,11)12/h3-4H,2H2,1H3,(H2,13,14). The first-order valence-electron chi connectivity index (χ1n) is 4.37. The Hall–Kier alpha value is -1.79. The van der Waals surface area contributed by atoms with Crippen LogP contribution >= 0.6 is 0 Å². The number of nitrogens with two attached hydrogens (primary N) is 1. The lowest BCUT2D eigenvalue weighted by molar-refractivity contribution is -0.141. The normalized spacial score (nSPS) is 11.2. The van der Waals surface area contributed by atoms with Crippen molar-refractivity contribution in [1.82, 2.24) is 4.98 Å². The van der Waals surface area contributed by atoms with Gasteiger partial charge in [0, 0.05) is 0 Å². The van der Waals surface area contributed by atoms with Crippen molar-refractivity contribution in [3.63, 3.8) is 0 Å². The predicted molar refractivity (Wildman–Crippen MR) is 49.6 cm³/mol. The third kappa shape index (κ3) is 2.62. The lowest BCUT2D eigenvalue weighted by Gasteiger charge is -2.11. The zero-order chi connectivity index (χ0) is 12.3. The highest BCUT2D eigenvalue weighted by atomic mass is 19.4. The third-order valence-corrected chi connectivity index (χ3v) is 1.68. The summed E-state index contributed by atoms with van der Waals surface area (Å²) in [4.78, 5) is 14.3. The third-order valence-electron chi connectivity index (χ3n) is 1.68. The van der Waals surface area contributed by atoms with E-state index >= 15 is 0 Å². The molecule has 0 saturated carbocycles. The topological polar surface area (TPSA) is 65.2 Å². The van der Waals surface area contributed by atoms with E-state index in [9.17, 15) is 18.0 Å². The van der Waals surface area contributed by atoms with Crippen LogP contribution in [0.2, 0.25) is 0 Å². The summed E-state index contributed by atoms with van der Waals surface area (Å²) in [6.07, 6.45) is -4.74. The average molecular weight is 234 g/mol. The number of alkyl halides is 3. The van der Waals surface area contributed by atoms with Crippen molar-refractivity contribution >= 4 is 11.8 Å². The Kier molecular flexibility index (Phi) is 3.36. The molecule has 0 bridgehead atoms. The largest absolute Gasteiger partial charge is 0.462 e. The summed E-state index contributed by atoms with van der Waals surface area (Å²) < 4.78 is 42.0. The summed E-state index contributed by atoms with van der Waals surface area (Å²) >= 11 is 0. The molecule has 1 aromatic heterocycles. The molecule has 4 nitrogen and oxygen atoms in total. The summed E-state index contributed by atoms with van der Waals surface area (Å²) in [5.74, 6) is -1.37. The fourth-order valence-corrected chi connectivity index (χ4v) is 1.06. The number of nitrogen functional groups attached to an aromatic ring is 1. The molecule has 0 saturated heterocycles. The molecule has 16 heavy (non-hydrogen) atoms. The highest BCUT2D eigenvalue weighted by Gasteiger charge is 2.37. The van der Waals surface area contributed by atoms with Crippen LogP contribution in [-0.4, -0.2) is 17.6 Å². The number of esters is 1. The number of rotatable bonds is 2. The predicted octanol–water partition coefficient (Wildman–Crippen LogP) is 1.86. The molecular formula is C9H9F3N2O2. The summed E-state index contributed by atoms with van der Waals surface area (Å²) in [7, 11) is 0. The van der Waals surface area contributed by atoms with Crippen molar-refractivity contribution in [2.75, 3.05) is 12.3 Å². The van der Waals surface area contributed by atoms with E-state index in [0.29, 0.717) is 0 Å². The van der Waals surface area contributed by atoms with Crippen LogP contribution in [0.3, 0.4) is 0 Å². The molecule has 1 rings (SSSR count). The molecule has 88 valence electrons. The number of halogens is 3. The molecular weight excluding hydrogens is 225 g/mol. The lowest BCUT2D eigenvalue weighted by atomic mass is 10.2. The van der Waals surface area contributed by atoms with Gasteiger partial charge in [-0.3, -0.25) is 0 Å². The van der Waals surface area contributed by atoms with Crippen molar-refractivity contribution in [2.45, 2.75) is 13.1 Å².